The van der Waals surface area contributed by atoms with E-state index in [1.54, 1.807) is 5.38 Å². The van der Waals surface area contributed by atoms with Crippen molar-refractivity contribution in [2.24, 2.45) is 0 Å². The molecule has 0 spiro atoms. The summed E-state index contributed by atoms with van der Waals surface area (Å²) in [6.45, 7) is 0.437. The van der Waals surface area contributed by atoms with Gasteiger partial charge in [0.2, 0.25) is 5.91 Å². The van der Waals surface area contributed by atoms with E-state index in [2.05, 4.69) is 15.0 Å². The summed E-state index contributed by atoms with van der Waals surface area (Å²) in [6.07, 6.45) is 1.39. The molecular formula is C16H19N3O6S2. The van der Waals surface area contributed by atoms with Crippen molar-refractivity contribution >= 4 is 44.1 Å². The Morgan fingerprint density at radius 2 is 1.89 bits per heavy atom. The van der Waals surface area contributed by atoms with Gasteiger partial charge in [-0.1, -0.05) is 0 Å². The van der Waals surface area contributed by atoms with Crippen molar-refractivity contribution in [3.8, 4) is 0 Å². The minimum absolute atomic E-state index is 0.0393. The summed E-state index contributed by atoms with van der Waals surface area (Å²) < 4.78 is 36.4. The number of carbonyl (C=O) groups is 2. The van der Waals surface area contributed by atoms with Crippen LogP contribution in [-0.2, 0) is 29.1 Å². The monoisotopic (exact) mass is 413 g/mol. The topological polar surface area (TPSA) is 124 Å². The first-order valence-corrected chi connectivity index (χ1v) is 10.2. The lowest BCUT2D eigenvalue weighted by atomic mass is 10.2. The fourth-order valence-corrected chi connectivity index (χ4v) is 3.70. The van der Waals surface area contributed by atoms with E-state index in [4.69, 9.17) is 9.47 Å². The predicted octanol–water partition coefficient (Wildman–Crippen LogP) is 1.85. The molecule has 0 saturated heterocycles. The normalized spacial score (nSPS) is 11.0. The summed E-state index contributed by atoms with van der Waals surface area (Å²) in [7, 11) is -2.25. The number of sulfonamides is 1. The fraction of sp³-hybridized carbons (Fsp3) is 0.312. The van der Waals surface area contributed by atoms with Crippen LogP contribution in [0.3, 0.4) is 0 Å². The van der Waals surface area contributed by atoms with Gasteiger partial charge in [0, 0.05) is 30.8 Å². The van der Waals surface area contributed by atoms with Gasteiger partial charge in [-0.05, 0) is 24.3 Å². The van der Waals surface area contributed by atoms with Crippen LogP contribution in [0.15, 0.2) is 40.7 Å². The Bertz CT molecular complexity index is 851. The van der Waals surface area contributed by atoms with Crippen molar-refractivity contribution in [2.45, 2.75) is 17.7 Å². The average molecular weight is 413 g/mol. The minimum atomic E-state index is -3.75. The Hall–Kier alpha value is -2.50. The van der Waals surface area contributed by atoms with Crippen LogP contribution in [0.25, 0.3) is 0 Å². The molecule has 1 aromatic carbocycles. The molecule has 0 atom stereocenters. The van der Waals surface area contributed by atoms with E-state index in [-0.39, 0.29) is 35.4 Å². The predicted molar refractivity (Wildman–Crippen MR) is 100 cm³/mol. The molecule has 1 amide bonds. The quantitative estimate of drug-likeness (QED) is 0.450. The molecule has 1 aromatic heterocycles. The molecule has 2 N–H and O–H groups in total. The number of carbonyl (C=O) groups excluding carboxylic acids is 2. The molecule has 0 unspecified atom stereocenters. The summed E-state index contributed by atoms with van der Waals surface area (Å²) >= 11 is 1.17. The number of benzene rings is 1. The van der Waals surface area contributed by atoms with Gasteiger partial charge in [0.15, 0.2) is 5.13 Å². The zero-order valence-corrected chi connectivity index (χ0v) is 16.1. The molecule has 0 bridgehead atoms. The molecular weight excluding hydrogens is 394 g/mol. The lowest BCUT2D eigenvalue weighted by Crippen LogP contribution is -2.16. The van der Waals surface area contributed by atoms with Gasteiger partial charge < -0.3 is 14.8 Å². The van der Waals surface area contributed by atoms with Crippen LogP contribution in [0.2, 0.25) is 0 Å². The minimum Gasteiger partial charge on any atom is -0.463 e. The summed E-state index contributed by atoms with van der Waals surface area (Å²) in [4.78, 5) is 27.2. The first kappa shape index (κ1) is 20.8. The van der Waals surface area contributed by atoms with Gasteiger partial charge in [-0.25, -0.2) is 13.4 Å². The second-order valence-electron chi connectivity index (χ2n) is 5.23. The van der Waals surface area contributed by atoms with E-state index in [1.165, 1.54) is 48.9 Å². The number of nitrogens with zero attached hydrogens (tertiary/aromatic N) is 1. The number of anilines is 2. The molecule has 0 fully saturated rings. The van der Waals surface area contributed by atoms with Crippen LogP contribution >= 0.6 is 11.3 Å². The summed E-state index contributed by atoms with van der Waals surface area (Å²) in [6, 6.07) is 5.66. The number of esters is 1. The van der Waals surface area contributed by atoms with Gasteiger partial charge in [-0.3, -0.25) is 14.3 Å². The van der Waals surface area contributed by atoms with Gasteiger partial charge in [0.25, 0.3) is 10.0 Å². The third-order valence-corrected chi connectivity index (χ3v) is 5.38. The van der Waals surface area contributed by atoms with Gasteiger partial charge in [0.05, 0.1) is 17.9 Å². The molecule has 0 aliphatic rings. The Morgan fingerprint density at radius 3 is 2.52 bits per heavy atom. The molecule has 2 aromatic rings. The van der Waals surface area contributed by atoms with Crippen LogP contribution in [0.5, 0.6) is 0 Å². The molecule has 11 heteroatoms. The van der Waals surface area contributed by atoms with Gasteiger partial charge >= 0.3 is 5.97 Å². The van der Waals surface area contributed by atoms with E-state index in [9.17, 15) is 18.0 Å². The largest absolute Gasteiger partial charge is 0.463 e. The average Bonchev–Trinajstić information content (AvgIpc) is 3.13. The summed E-state index contributed by atoms with van der Waals surface area (Å²) in [5, 5.41) is 4.52. The van der Waals surface area contributed by atoms with Crippen molar-refractivity contribution in [1.29, 1.82) is 0 Å². The molecule has 27 heavy (non-hydrogen) atoms. The number of aromatic nitrogens is 1. The zero-order chi connectivity index (χ0) is 19.7. The van der Waals surface area contributed by atoms with E-state index in [0.717, 1.165) is 0 Å². The number of methoxy groups -OCH3 is 1. The van der Waals surface area contributed by atoms with E-state index in [0.29, 0.717) is 12.3 Å². The van der Waals surface area contributed by atoms with Crippen LogP contribution < -0.4 is 10.0 Å². The van der Waals surface area contributed by atoms with Gasteiger partial charge in [-0.2, -0.15) is 0 Å². The van der Waals surface area contributed by atoms with Crippen molar-refractivity contribution in [1.82, 2.24) is 4.98 Å². The molecule has 9 nitrogen and oxygen atoms in total. The Morgan fingerprint density at radius 1 is 1.15 bits per heavy atom. The Labute approximate surface area is 160 Å². The van der Waals surface area contributed by atoms with Crippen LogP contribution in [-0.4, -0.2) is 45.6 Å². The maximum atomic E-state index is 12.2. The fourth-order valence-electron chi connectivity index (χ4n) is 1.92. The highest BCUT2D eigenvalue weighted by molar-refractivity contribution is 7.93. The summed E-state index contributed by atoms with van der Waals surface area (Å²) in [5.41, 5.74) is 0.418. The van der Waals surface area contributed by atoms with E-state index >= 15 is 0 Å². The zero-order valence-electron chi connectivity index (χ0n) is 14.5. The van der Waals surface area contributed by atoms with E-state index < -0.39 is 16.0 Å². The summed E-state index contributed by atoms with van der Waals surface area (Å²) in [5.74, 6) is -0.868. The van der Waals surface area contributed by atoms with Crippen molar-refractivity contribution < 1.29 is 27.5 Å². The van der Waals surface area contributed by atoms with Crippen molar-refractivity contribution in [2.75, 3.05) is 30.4 Å². The number of thiazole rings is 1. The molecule has 0 radical (unpaired) electrons. The van der Waals surface area contributed by atoms with Gasteiger partial charge in [0.1, 0.15) is 6.61 Å². The first-order chi connectivity index (χ1) is 12.9. The van der Waals surface area contributed by atoms with Gasteiger partial charge in [-0.15, -0.1) is 11.3 Å². The lowest BCUT2D eigenvalue weighted by molar-refractivity contribution is -0.145. The van der Waals surface area contributed by atoms with Crippen LogP contribution in [0.1, 0.15) is 12.8 Å². The van der Waals surface area contributed by atoms with Crippen LogP contribution in [0.4, 0.5) is 10.8 Å². The standard InChI is InChI=1S/C16H19N3O6S2/c1-24-9-10-25-15(21)7-6-14(20)18-12-2-4-13(5-3-12)27(22,23)19-16-17-8-11-26-16/h2-5,8,11H,6-7,9-10H2,1H3,(H,17,19)(H,18,20). The number of nitrogens with one attached hydrogen (secondary N) is 2. The highest BCUT2D eigenvalue weighted by Crippen LogP contribution is 2.19. The Balaban J connectivity index is 1.84. The number of amides is 1. The molecule has 0 aliphatic heterocycles. The number of ether oxygens (including phenoxy) is 2. The van der Waals surface area contributed by atoms with Crippen molar-refractivity contribution in [3.05, 3.63) is 35.8 Å². The molecule has 0 saturated carbocycles. The molecule has 146 valence electrons. The smallest absolute Gasteiger partial charge is 0.306 e. The number of hydrogen-bond acceptors (Lipinski definition) is 8. The second kappa shape index (κ2) is 10.00. The third kappa shape index (κ3) is 6.96. The molecule has 2 rings (SSSR count). The molecule has 1 heterocycles. The Kier molecular flexibility index (Phi) is 7.70. The maximum absolute atomic E-state index is 12.2. The maximum Gasteiger partial charge on any atom is 0.306 e. The van der Waals surface area contributed by atoms with Crippen LogP contribution in [0, 0.1) is 0 Å². The highest BCUT2D eigenvalue weighted by Gasteiger charge is 2.15. The number of rotatable bonds is 10. The third-order valence-electron chi connectivity index (χ3n) is 3.21. The number of hydrogen-bond donors (Lipinski definition) is 2. The highest BCUT2D eigenvalue weighted by atomic mass is 32.2. The van der Waals surface area contributed by atoms with E-state index in [1.807, 2.05) is 0 Å². The SMILES string of the molecule is COCCOC(=O)CCC(=O)Nc1ccc(S(=O)(=O)Nc2nccs2)cc1. The lowest BCUT2D eigenvalue weighted by Gasteiger charge is -2.08. The first-order valence-electron chi connectivity index (χ1n) is 7.87. The molecule has 0 aliphatic carbocycles. The van der Waals surface area contributed by atoms with Crippen molar-refractivity contribution in [3.63, 3.8) is 0 Å². The second-order valence-corrected chi connectivity index (χ2v) is 7.81.